The average molecular weight is 415 g/mol. The molecule has 0 spiro atoms. The molecule has 1 N–H and O–H groups in total. The molecule has 0 unspecified atom stereocenters. The number of hydrogen-bond donors (Lipinski definition) is 1. The van der Waals surface area contributed by atoms with Crippen LogP contribution in [0.5, 0.6) is 17.2 Å². The van der Waals surface area contributed by atoms with Crippen LogP contribution in [-0.2, 0) is 0 Å². The van der Waals surface area contributed by atoms with E-state index in [0.29, 0.717) is 53.2 Å². The Balaban J connectivity index is 2.04. The summed E-state index contributed by atoms with van der Waals surface area (Å²) in [6.07, 6.45) is 4.76. The minimum absolute atomic E-state index is 0.343. The lowest BCUT2D eigenvalue weighted by molar-refractivity contribution is 0.0954. The first kappa shape index (κ1) is 22.0. The zero-order chi connectivity index (χ0) is 21.1. The summed E-state index contributed by atoms with van der Waals surface area (Å²) in [7, 11) is 0. The molecule has 0 saturated heterocycles. The van der Waals surface area contributed by atoms with Crippen LogP contribution in [0.4, 0.5) is 0 Å². The zero-order valence-electron chi connectivity index (χ0n) is 16.2. The highest BCUT2D eigenvalue weighted by Gasteiger charge is 2.11. The highest BCUT2D eigenvalue weighted by atomic mass is 35.5. The fourth-order valence-corrected chi connectivity index (χ4v) is 2.52. The van der Waals surface area contributed by atoms with Crippen LogP contribution in [0.1, 0.15) is 22.8 Å². The Bertz CT molecular complexity index is 896. The molecule has 2 rings (SSSR count). The van der Waals surface area contributed by atoms with Gasteiger partial charge in [-0.25, -0.2) is 5.43 Å². The largest absolute Gasteiger partial charge is 0.490 e. The van der Waals surface area contributed by atoms with Crippen LogP contribution in [0.2, 0.25) is 5.02 Å². The van der Waals surface area contributed by atoms with Gasteiger partial charge in [-0.2, -0.15) is 5.10 Å². The summed E-state index contributed by atoms with van der Waals surface area (Å²) in [6.45, 7) is 10.2. The maximum atomic E-state index is 12.4. The van der Waals surface area contributed by atoms with Crippen LogP contribution in [0.15, 0.2) is 66.8 Å². The van der Waals surface area contributed by atoms with Gasteiger partial charge in [0.1, 0.15) is 19.0 Å². The third-order valence-electron chi connectivity index (χ3n) is 3.55. The van der Waals surface area contributed by atoms with E-state index in [1.165, 1.54) is 6.21 Å². The number of halogens is 1. The minimum Gasteiger partial charge on any atom is -0.490 e. The van der Waals surface area contributed by atoms with Crippen molar-refractivity contribution in [3.8, 4) is 17.2 Å². The van der Waals surface area contributed by atoms with Gasteiger partial charge in [-0.15, -0.1) is 0 Å². The van der Waals surface area contributed by atoms with Gasteiger partial charge in [0.15, 0.2) is 11.5 Å². The van der Waals surface area contributed by atoms with E-state index in [9.17, 15) is 4.79 Å². The van der Waals surface area contributed by atoms with E-state index in [2.05, 4.69) is 23.7 Å². The smallest absolute Gasteiger partial charge is 0.271 e. The van der Waals surface area contributed by atoms with Crippen molar-refractivity contribution in [2.45, 2.75) is 6.92 Å². The molecule has 0 bridgehead atoms. The number of amides is 1. The quantitative estimate of drug-likeness (QED) is 0.330. The molecule has 2 aromatic rings. The van der Waals surface area contributed by atoms with Gasteiger partial charge in [0.2, 0.25) is 0 Å². The van der Waals surface area contributed by atoms with Gasteiger partial charge in [0.25, 0.3) is 5.91 Å². The minimum atomic E-state index is -0.380. The van der Waals surface area contributed by atoms with Crippen molar-refractivity contribution in [3.05, 3.63) is 77.9 Å². The summed E-state index contributed by atoms with van der Waals surface area (Å²) in [5.41, 5.74) is 3.58. The highest BCUT2D eigenvalue weighted by molar-refractivity contribution is 6.32. The standard InChI is InChI=1S/C22H23ClN2O4/c1-4-11-28-19-9-7-16(13-18(19)23)15-24-25-22(26)17-8-10-20(29-12-5-2)21(14-17)27-6-3/h4-5,7-10,13-15H,1-2,6,11-12H2,3H3,(H,25,26)/b24-15+. The van der Waals surface area contributed by atoms with E-state index in [1.807, 2.05) is 6.92 Å². The summed E-state index contributed by atoms with van der Waals surface area (Å²) in [6, 6.07) is 10.1. The lowest BCUT2D eigenvalue weighted by Crippen LogP contribution is -2.17. The first-order chi connectivity index (χ1) is 14.1. The van der Waals surface area contributed by atoms with Crippen LogP contribution < -0.4 is 19.6 Å². The number of benzene rings is 2. The Morgan fingerprint density at radius 3 is 2.38 bits per heavy atom. The van der Waals surface area contributed by atoms with Gasteiger partial charge in [-0.3, -0.25) is 4.79 Å². The van der Waals surface area contributed by atoms with Crippen LogP contribution in [0.3, 0.4) is 0 Å². The molecule has 0 radical (unpaired) electrons. The topological polar surface area (TPSA) is 69.2 Å². The van der Waals surface area contributed by atoms with Gasteiger partial charge in [-0.1, -0.05) is 36.9 Å². The van der Waals surface area contributed by atoms with Gasteiger partial charge >= 0.3 is 0 Å². The van der Waals surface area contributed by atoms with Gasteiger partial charge in [0, 0.05) is 5.56 Å². The van der Waals surface area contributed by atoms with Crippen molar-refractivity contribution in [1.29, 1.82) is 0 Å². The van der Waals surface area contributed by atoms with E-state index in [-0.39, 0.29) is 5.91 Å². The predicted molar refractivity (Wildman–Crippen MR) is 116 cm³/mol. The molecule has 0 aliphatic carbocycles. The first-order valence-corrected chi connectivity index (χ1v) is 9.34. The summed E-state index contributed by atoms with van der Waals surface area (Å²) in [5.74, 6) is 1.19. The van der Waals surface area contributed by atoms with Crippen molar-refractivity contribution in [3.63, 3.8) is 0 Å². The van der Waals surface area contributed by atoms with E-state index in [4.69, 9.17) is 25.8 Å². The SMILES string of the molecule is C=CCOc1ccc(/C=N/NC(=O)c2ccc(OCC=C)c(OCC)c2)cc1Cl. The number of hydrazone groups is 1. The number of carbonyl (C=O) groups is 1. The normalized spacial score (nSPS) is 10.4. The van der Waals surface area contributed by atoms with Crippen molar-refractivity contribution in [2.75, 3.05) is 19.8 Å². The van der Waals surface area contributed by atoms with Gasteiger partial charge in [0.05, 0.1) is 17.8 Å². The van der Waals surface area contributed by atoms with E-state index in [1.54, 1.807) is 48.6 Å². The Morgan fingerprint density at radius 1 is 1.03 bits per heavy atom. The molecule has 0 fully saturated rings. The molecule has 0 heterocycles. The Hall–Kier alpha value is -3.25. The second-order valence-electron chi connectivity index (χ2n) is 5.68. The van der Waals surface area contributed by atoms with Crippen LogP contribution >= 0.6 is 11.6 Å². The third-order valence-corrected chi connectivity index (χ3v) is 3.85. The van der Waals surface area contributed by atoms with Crippen molar-refractivity contribution >= 4 is 23.7 Å². The number of nitrogens with zero attached hydrogens (tertiary/aromatic N) is 1. The molecule has 7 heteroatoms. The second kappa shape index (κ2) is 11.6. The van der Waals surface area contributed by atoms with Gasteiger partial charge in [-0.05, 0) is 48.9 Å². The summed E-state index contributed by atoms with van der Waals surface area (Å²) < 4.78 is 16.5. The summed E-state index contributed by atoms with van der Waals surface area (Å²) in [5, 5.41) is 4.42. The van der Waals surface area contributed by atoms with Crippen molar-refractivity contribution in [2.24, 2.45) is 5.10 Å². The number of ether oxygens (including phenoxy) is 3. The molecule has 0 aromatic heterocycles. The lowest BCUT2D eigenvalue weighted by Gasteiger charge is -2.12. The molecule has 2 aromatic carbocycles. The molecule has 152 valence electrons. The maximum Gasteiger partial charge on any atom is 0.271 e. The molecule has 29 heavy (non-hydrogen) atoms. The molecule has 0 aliphatic rings. The van der Waals surface area contributed by atoms with Crippen molar-refractivity contribution in [1.82, 2.24) is 5.43 Å². The highest BCUT2D eigenvalue weighted by Crippen LogP contribution is 2.28. The average Bonchev–Trinajstić information content (AvgIpc) is 2.72. The number of carbonyl (C=O) groups excluding carboxylic acids is 1. The second-order valence-corrected chi connectivity index (χ2v) is 6.09. The molecule has 0 saturated carbocycles. The van der Waals surface area contributed by atoms with Crippen molar-refractivity contribution < 1.29 is 19.0 Å². The monoisotopic (exact) mass is 414 g/mol. The number of rotatable bonds is 11. The Labute approximate surface area is 175 Å². The third kappa shape index (κ3) is 6.69. The van der Waals surface area contributed by atoms with E-state index < -0.39 is 0 Å². The lowest BCUT2D eigenvalue weighted by atomic mass is 10.2. The fraction of sp³-hybridized carbons (Fsp3) is 0.182. The molecular formula is C22H23ClN2O4. The molecule has 1 amide bonds. The molecule has 6 nitrogen and oxygen atoms in total. The fourth-order valence-electron chi connectivity index (χ4n) is 2.28. The summed E-state index contributed by atoms with van der Waals surface area (Å²) in [4.78, 5) is 12.4. The van der Waals surface area contributed by atoms with Crippen LogP contribution in [0.25, 0.3) is 0 Å². The van der Waals surface area contributed by atoms with Gasteiger partial charge < -0.3 is 14.2 Å². The zero-order valence-corrected chi connectivity index (χ0v) is 16.9. The maximum absolute atomic E-state index is 12.4. The molecule has 0 aliphatic heterocycles. The Morgan fingerprint density at radius 2 is 1.72 bits per heavy atom. The number of nitrogens with one attached hydrogen (secondary N) is 1. The predicted octanol–water partition coefficient (Wildman–Crippen LogP) is 4.63. The van der Waals surface area contributed by atoms with E-state index in [0.717, 1.165) is 0 Å². The van der Waals surface area contributed by atoms with Crippen LogP contribution in [0, 0.1) is 0 Å². The van der Waals surface area contributed by atoms with E-state index >= 15 is 0 Å². The van der Waals surface area contributed by atoms with Crippen LogP contribution in [-0.4, -0.2) is 31.9 Å². The first-order valence-electron chi connectivity index (χ1n) is 8.96. The number of hydrogen-bond acceptors (Lipinski definition) is 5. The molecular weight excluding hydrogens is 392 g/mol. The molecule has 0 atom stereocenters. The Kier molecular flexibility index (Phi) is 8.79. The summed E-state index contributed by atoms with van der Waals surface area (Å²) >= 11 is 6.16.